The zero-order valence-electron chi connectivity index (χ0n) is 13.2. The molecule has 0 saturated carbocycles. The van der Waals surface area contributed by atoms with Crippen LogP contribution in [-0.2, 0) is 9.47 Å². The molecule has 1 unspecified atom stereocenters. The van der Waals surface area contributed by atoms with Gasteiger partial charge in [0.25, 0.3) is 0 Å². The van der Waals surface area contributed by atoms with Crippen molar-refractivity contribution < 1.29 is 9.47 Å². The number of hydrogen-bond donors (Lipinski definition) is 1. The standard InChI is InChI=1S/C18H27NO2/c1-14-5-3-4-6-17(14)15(2)19-16-7-10-21-18(13-16)8-11-20-12-9-18/h3-6,15-16,19H,7-13H2,1-2H3/t15-,16?/m0/s1. The lowest BCUT2D eigenvalue weighted by Crippen LogP contribution is -2.50. The molecule has 1 N–H and O–H groups in total. The summed E-state index contributed by atoms with van der Waals surface area (Å²) < 4.78 is 11.6. The maximum absolute atomic E-state index is 6.13. The second kappa shape index (κ2) is 6.47. The first-order chi connectivity index (χ1) is 10.2. The van der Waals surface area contributed by atoms with Crippen LogP contribution in [-0.4, -0.2) is 31.5 Å². The summed E-state index contributed by atoms with van der Waals surface area (Å²) in [6.07, 6.45) is 4.32. The third-order valence-corrected chi connectivity index (χ3v) is 5.04. The molecule has 1 aromatic rings. The fourth-order valence-corrected chi connectivity index (χ4v) is 3.78. The van der Waals surface area contributed by atoms with E-state index in [1.165, 1.54) is 11.1 Å². The summed E-state index contributed by atoms with van der Waals surface area (Å²) in [5, 5.41) is 3.83. The minimum Gasteiger partial charge on any atom is -0.381 e. The Morgan fingerprint density at radius 1 is 1.19 bits per heavy atom. The van der Waals surface area contributed by atoms with Crippen LogP contribution in [0.25, 0.3) is 0 Å². The van der Waals surface area contributed by atoms with E-state index < -0.39 is 0 Å². The zero-order chi connectivity index (χ0) is 14.7. The van der Waals surface area contributed by atoms with E-state index in [2.05, 4.69) is 43.4 Å². The fourth-order valence-electron chi connectivity index (χ4n) is 3.78. The van der Waals surface area contributed by atoms with Crippen molar-refractivity contribution >= 4 is 0 Å². The lowest BCUT2D eigenvalue weighted by atomic mass is 9.83. The Kier molecular flexibility index (Phi) is 4.63. The smallest absolute Gasteiger partial charge is 0.0741 e. The van der Waals surface area contributed by atoms with Crippen LogP contribution in [0.15, 0.2) is 24.3 Å². The maximum Gasteiger partial charge on any atom is 0.0741 e. The Morgan fingerprint density at radius 3 is 2.71 bits per heavy atom. The summed E-state index contributed by atoms with van der Waals surface area (Å²) in [7, 11) is 0. The quantitative estimate of drug-likeness (QED) is 0.925. The van der Waals surface area contributed by atoms with Gasteiger partial charge in [-0.2, -0.15) is 0 Å². The molecule has 2 atom stereocenters. The van der Waals surface area contributed by atoms with Gasteiger partial charge in [-0.15, -0.1) is 0 Å². The molecule has 0 bridgehead atoms. The number of hydrogen-bond acceptors (Lipinski definition) is 3. The van der Waals surface area contributed by atoms with Crippen LogP contribution in [0.2, 0.25) is 0 Å². The normalized spacial score (nSPS) is 26.7. The first-order valence-corrected chi connectivity index (χ1v) is 8.22. The van der Waals surface area contributed by atoms with Gasteiger partial charge < -0.3 is 14.8 Å². The molecule has 3 nitrogen and oxygen atoms in total. The molecule has 2 saturated heterocycles. The van der Waals surface area contributed by atoms with Crippen LogP contribution in [0, 0.1) is 6.92 Å². The van der Waals surface area contributed by atoms with E-state index in [-0.39, 0.29) is 5.60 Å². The van der Waals surface area contributed by atoms with Crippen molar-refractivity contribution in [2.24, 2.45) is 0 Å². The minimum atomic E-state index is 0.0691. The van der Waals surface area contributed by atoms with Crippen LogP contribution in [0.4, 0.5) is 0 Å². The van der Waals surface area contributed by atoms with Gasteiger partial charge in [-0.3, -0.25) is 0 Å². The number of rotatable bonds is 3. The summed E-state index contributed by atoms with van der Waals surface area (Å²) in [5.74, 6) is 0. The Bertz CT molecular complexity index is 463. The predicted octanol–water partition coefficient (Wildman–Crippen LogP) is 3.37. The number of aryl methyl sites for hydroxylation is 1. The van der Waals surface area contributed by atoms with Crippen molar-refractivity contribution in [3.63, 3.8) is 0 Å². The molecule has 0 aromatic heterocycles. The zero-order valence-corrected chi connectivity index (χ0v) is 13.2. The van der Waals surface area contributed by atoms with Gasteiger partial charge in [-0.05, 0) is 50.7 Å². The Hall–Kier alpha value is -0.900. The third kappa shape index (κ3) is 3.47. The molecule has 2 aliphatic rings. The average Bonchev–Trinajstić information content (AvgIpc) is 2.48. The first kappa shape index (κ1) is 15.0. The van der Waals surface area contributed by atoms with Gasteiger partial charge in [0.2, 0.25) is 0 Å². The number of nitrogens with one attached hydrogen (secondary N) is 1. The molecule has 2 aliphatic heterocycles. The van der Waals surface area contributed by atoms with E-state index in [1.807, 2.05) is 0 Å². The van der Waals surface area contributed by atoms with Crippen molar-refractivity contribution in [3.8, 4) is 0 Å². The third-order valence-electron chi connectivity index (χ3n) is 5.04. The molecule has 2 fully saturated rings. The summed E-state index contributed by atoms with van der Waals surface area (Å²) in [5.41, 5.74) is 2.84. The molecular formula is C18H27NO2. The molecule has 0 radical (unpaired) electrons. The Labute approximate surface area is 128 Å². The highest BCUT2D eigenvalue weighted by Crippen LogP contribution is 2.35. The summed E-state index contributed by atoms with van der Waals surface area (Å²) in [6, 6.07) is 9.60. The van der Waals surface area contributed by atoms with E-state index in [9.17, 15) is 0 Å². The van der Waals surface area contributed by atoms with Crippen LogP contribution in [0.1, 0.15) is 49.8 Å². The highest BCUT2D eigenvalue weighted by atomic mass is 16.5. The second-order valence-corrected chi connectivity index (χ2v) is 6.58. The van der Waals surface area contributed by atoms with Gasteiger partial charge in [0.05, 0.1) is 5.60 Å². The molecule has 116 valence electrons. The van der Waals surface area contributed by atoms with Gasteiger partial charge in [0.1, 0.15) is 0 Å². The summed E-state index contributed by atoms with van der Waals surface area (Å²) in [4.78, 5) is 0. The highest BCUT2D eigenvalue weighted by molar-refractivity contribution is 5.28. The first-order valence-electron chi connectivity index (χ1n) is 8.22. The molecule has 1 spiro atoms. The van der Waals surface area contributed by atoms with Crippen LogP contribution in [0.3, 0.4) is 0 Å². The summed E-state index contributed by atoms with van der Waals surface area (Å²) >= 11 is 0. The van der Waals surface area contributed by atoms with E-state index in [0.717, 1.165) is 45.5 Å². The van der Waals surface area contributed by atoms with E-state index in [4.69, 9.17) is 9.47 Å². The number of benzene rings is 1. The molecule has 3 heteroatoms. The number of ether oxygens (including phenoxy) is 2. The van der Waals surface area contributed by atoms with Crippen molar-refractivity contribution in [1.29, 1.82) is 0 Å². The van der Waals surface area contributed by atoms with Gasteiger partial charge in [0, 0.05) is 31.9 Å². The van der Waals surface area contributed by atoms with Crippen molar-refractivity contribution in [1.82, 2.24) is 5.32 Å². The van der Waals surface area contributed by atoms with Gasteiger partial charge >= 0.3 is 0 Å². The summed E-state index contributed by atoms with van der Waals surface area (Å²) in [6.45, 7) is 7.03. The fraction of sp³-hybridized carbons (Fsp3) is 0.667. The van der Waals surface area contributed by atoms with E-state index in [1.54, 1.807) is 0 Å². The van der Waals surface area contributed by atoms with Crippen molar-refractivity contribution in [2.45, 2.75) is 57.2 Å². The van der Waals surface area contributed by atoms with Gasteiger partial charge in [-0.25, -0.2) is 0 Å². The van der Waals surface area contributed by atoms with Crippen molar-refractivity contribution in [3.05, 3.63) is 35.4 Å². The second-order valence-electron chi connectivity index (χ2n) is 6.58. The van der Waals surface area contributed by atoms with Gasteiger partial charge in [0.15, 0.2) is 0 Å². The molecule has 1 aromatic carbocycles. The SMILES string of the molecule is Cc1ccccc1[C@H](C)NC1CCOC2(CCOCC2)C1. The molecule has 21 heavy (non-hydrogen) atoms. The topological polar surface area (TPSA) is 30.5 Å². The van der Waals surface area contributed by atoms with E-state index in [0.29, 0.717) is 12.1 Å². The molecule has 0 aliphatic carbocycles. The predicted molar refractivity (Wildman–Crippen MR) is 84.5 cm³/mol. The largest absolute Gasteiger partial charge is 0.381 e. The van der Waals surface area contributed by atoms with Crippen LogP contribution in [0.5, 0.6) is 0 Å². The average molecular weight is 289 g/mol. The lowest BCUT2D eigenvalue weighted by molar-refractivity contribution is -0.140. The Balaban J connectivity index is 1.63. The highest BCUT2D eigenvalue weighted by Gasteiger charge is 2.39. The lowest BCUT2D eigenvalue weighted by Gasteiger charge is -2.44. The molecule has 2 heterocycles. The van der Waals surface area contributed by atoms with Crippen LogP contribution >= 0.6 is 0 Å². The molecule has 0 amide bonds. The molecule has 3 rings (SSSR count). The Morgan fingerprint density at radius 2 is 1.95 bits per heavy atom. The maximum atomic E-state index is 6.13. The van der Waals surface area contributed by atoms with Crippen molar-refractivity contribution in [2.75, 3.05) is 19.8 Å². The monoisotopic (exact) mass is 289 g/mol. The van der Waals surface area contributed by atoms with Crippen LogP contribution < -0.4 is 5.32 Å². The van der Waals surface area contributed by atoms with E-state index >= 15 is 0 Å². The molecular weight excluding hydrogens is 262 g/mol. The minimum absolute atomic E-state index is 0.0691. The van der Waals surface area contributed by atoms with Gasteiger partial charge in [-0.1, -0.05) is 24.3 Å².